The molecule has 0 atom stereocenters. The normalized spacial score (nSPS) is 14.2. The van der Waals surface area contributed by atoms with Gasteiger partial charge in [0.1, 0.15) is 11.4 Å². The molecule has 1 amide bonds. The fraction of sp³-hybridized carbons (Fsp3) is 0.333. The van der Waals surface area contributed by atoms with Gasteiger partial charge in [-0.25, -0.2) is 14.8 Å². The number of nitrogens with zero attached hydrogens (tertiary/aromatic N) is 2. The molecule has 1 fully saturated rings. The highest BCUT2D eigenvalue weighted by Crippen LogP contribution is 2.26. The minimum Gasteiger partial charge on any atom is -0.490 e. The van der Waals surface area contributed by atoms with Crippen molar-refractivity contribution in [2.75, 3.05) is 0 Å². The van der Waals surface area contributed by atoms with Gasteiger partial charge in [0.15, 0.2) is 5.69 Å². The second kappa shape index (κ2) is 7.74. The number of carbonyl (C=O) groups is 2. The van der Waals surface area contributed by atoms with Crippen molar-refractivity contribution >= 4 is 11.9 Å². The van der Waals surface area contributed by atoms with Crippen molar-refractivity contribution in [2.24, 2.45) is 0 Å². The Hall–Kier alpha value is -2.96. The predicted octanol–water partition coefficient (Wildman–Crippen LogP) is 2.43. The van der Waals surface area contributed by atoms with Crippen molar-refractivity contribution in [2.45, 2.75) is 38.3 Å². The highest BCUT2D eigenvalue weighted by atomic mass is 16.5. The molecule has 0 radical (unpaired) electrons. The van der Waals surface area contributed by atoms with Gasteiger partial charge in [0.05, 0.1) is 18.5 Å². The molecule has 25 heavy (non-hydrogen) atoms. The van der Waals surface area contributed by atoms with Crippen molar-refractivity contribution in [3.63, 3.8) is 0 Å². The summed E-state index contributed by atoms with van der Waals surface area (Å²) in [4.78, 5) is 30.4. The Bertz CT molecular complexity index is 755. The Morgan fingerprint density at radius 1 is 1.12 bits per heavy atom. The second-order valence-corrected chi connectivity index (χ2v) is 5.91. The number of carbonyl (C=O) groups excluding carboxylic acids is 1. The van der Waals surface area contributed by atoms with Crippen molar-refractivity contribution in [3.8, 4) is 5.75 Å². The minimum atomic E-state index is -1.18. The zero-order chi connectivity index (χ0) is 17.6. The van der Waals surface area contributed by atoms with E-state index in [9.17, 15) is 9.59 Å². The van der Waals surface area contributed by atoms with E-state index in [4.69, 9.17) is 9.84 Å². The Morgan fingerprint density at radius 3 is 2.48 bits per heavy atom. The summed E-state index contributed by atoms with van der Waals surface area (Å²) in [5.74, 6) is -0.820. The summed E-state index contributed by atoms with van der Waals surface area (Å²) >= 11 is 0. The number of para-hydroxylation sites is 1. The van der Waals surface area contributed by atoms with Gasteiger partial charge in [-0.2, -0.15) is 0 Å². The van der Waals surface area contributed by atoms with Crippen LogP contribution >= 0.6 is 0 Å². The molecule has 1 aliphatic rings. The largest absolute Gasteiger partial charge is 0.490 e. The lowest BCUT2D eigenvalue weighted by Gasteiger charge is -2.16. The first-order chi connectivity index (χ1) is 12.1. The third-order valence-corrected chi connectivity index (χ3v) is 4.11. The van der Waals surface area contributed by atoms with Crippen LogP contribution in [0.5, 0.6) is 5.75 Å². The molecule has 2 aromatic rings. The van der Waals surface area contributed by atoms with E-state index < -0.39 is 11.9 Å². The van der Waals surface area contributed by atoms with Crippen LogP contribution in [0.1, 0.15) is 52.2 Å². The third-order valence-electron chi connectivity index (χ3n) is 4.11. The van der Waals surface area contributed by atoms with Gasteiger partial charge < -0.3 is 15.2 Å². The van der Waals surface area contributed by atoms with E-state index in [0.717, 1.165) is 36.5 Å². The molecule has 0 aliphatic heterocycles. The molecule has 7 nitrogen and oxygen atoms in total. The molecule has 1 aromatic carbocycles. The Kier molecular flexibility index (Phi) is 5.23. The number of aromatic carboxylic acids is 1. The number of carboxylic acids is 1. The first-order valence-corrected chi connectivity index (χ1v) is 8.21. The Labute approximate surface area is 145 Å². The minimum absolute atomic E-state index is 0.0687. The van der Waals surface area contributed by atoms with Gasteiger partial charge in [-0.3, -0.25) is 4.79 Å². The van der Waals surface area contributed by atoms with Crippen LogP contribution in [0.2, 0.25) is 0 Å². The van der Waals surface area contributed by atoms with Crippen molar-refractivity contribution < 1.29 is 19.4 Å². The molecule has 0 saturated heterocycles. The maximum absolute atomic E-state index is 12.2. The summed E-state index contributed by atoms with van der Waals surface area (Å²) in [7, 11) is 0. The van der Waals surface area contributed by atoms with E-state index in [1.807, 2.05) is 24.3 Å². The maximum Gasteiger partial charge on any atom is 0.356 e. The first-order valence-electron chi connectivity index (χ1n) is 8.21. The van der Waals surface area contributed by atoms with Crippen LogP contribution in [0.15, 0.2) is 36.7 Å². The number of nitrogens with one attached hydrogen (secondary N) is 1. The summed E-state index contributed by atoms with van der Waals surface area (Å²) in [6.07, 6.45) is 6.96. The molecular formula is C18H19N3O4. The molecular weight excluding hydrogens is 322 g/mol. The fourth-order valence-corrected chi connectivity index (χ4v) is 2.77. The van der Waals surface area contributed by atoms with Crippen molar-refractivity contribution in [3.05, 3.63) is 53.6 Å². The lowest BCUT2D eigenvalue weighted by molar-refractivity contribution is 0.0689. The Balaban J connectivity index is 1.62. The van der Waals surface area contributed by atoms with E-state index in [-0.39, 0.29) is 17.5 Å². The molecule has 1 aliphatic carbocycles. The SMILES string of the molecule is O=C(O)c1cnc(C(=O)NCc2ccccc2OC2CCCC2)cn1. The fourth-order valence-electron chi connectivity index (χ4n) is 2.77. The molecule has 3 rings (SSSR count). The Morgan fingerprint density at radius 2 is 1.80 bits per heavy atom. The van der Waals surface area contributed by atoms with Crippen LogP contribution in [-0.2, 0) is 6.54 Å². The molecule has 0 unspecified atom stereocenters. The number of benzene rings is 1. The van der Waals surface area contributed by atoms with Gasteiger partial charge in [-0.15, -0.1) is 0 Å². The van der Waals surface area contributed by atoms with Crippen LogP contribution in [-0.4, -0.2) is 33.1 Å². The lowest BCUT2D eigenvalue weighted by Crippen LogP contribution is -2.25. The number of hydrogen-bond donors (Lipinski definition) is 2. The maximum atomic E-state index is 12.2. The topological polar surface area (TPSA) is 101 Å². The quantitative estimate of drug-likeness (QED) is 0.837. The number of ether oxygens (including phenoxy) is 1. The van der Waals surface area contributed by atoms with Crippen molar-refractivity contribution in [1.29, 1.82) is 0 Å². The summed E-state index contributed by atoms with van der Waals surface area (Å²) in [6.45, 7) is 0.296. The van der Waals surface area contributed by atoms with E-state index >= 15 is 0 Å². The number of amides is 1. The van der Waals surface area contributed by atoms with Crippen LogP contribution in [0.25, 0.3) is 0 Å². The van der Waals surface area contributed by atoms with Gasteiger partial charge in [0.25, 0.3) is 5.91 Å². The first kappa shape index (κ1) is 16.9. The zero-order valence-electron chi connectivity index (χ0n) is 13.6. The average molecular weight is 341 g/mol. The summed E-state index contributed by atoms with van der Waals surface area (Å²) in [5, 5.41) is 11.6. The van der Waals surface area contributed by atoms with Crippen molar-refractivity contribution in [1.82, 2.24) is 15.3 Å². The molecule has 1 aromatic heterocycles. The highest BCUT2D eigenvalue weighted by Gasteiger charge is 2.18. The van der Waals surface area contributed by atoms with Gasteiger partial charge in [0, 0.05) is 12.1 Å². The summed E-state index contributed by atoms with van der Waals surface area (Å²) < 4.78 is 6.04. The van der Waals surface area contributed by atoms with Gasteiger partial charge in [-0.1, -0.05) is 18.2 Å². The summed E-state index contributed by atoms with van der Waals surface area (Å²) in [6, 6.07) is 7.61. The smallest absolute Gasteiger partial charge is 0.356 e. The van der Waals surface area contributed by atoms with Gasteiger partial charge in [-0.05, 0) is 31.7 Å². The molecule has 1 heterocycles. The number of hydrogen-bond acceptors (Lipinski definition) is 5. The molecule has 7 heteroatoms. The van der Waals surface area contributed by atoms with E-state index in [2.05, 4.69) is 15.3 Å². The zero-order valence-corrected chi connectivity index (χ0v) is 13.6. The molecule has 0 bridgehead atoms. The number of aromatic nitrogens is 2. The molecule has 2 N–H and O–H groups in total. The highest BCUT2D eigenvalue weighted by molar-refractivity contribution is 5.92. The van der Waals surface area contributed by atoms with E-state index in [1.165, 1.54) is 12.8 Å². The third kappa shape index (κ3) is 4.32. The number of rotatable bonds is 6. The standard InChI is InChI=1S/C18H19N3O4/c22-17(14-10-20-15(11-19-14)18(23)24)21-9-12-5-1-4-8-16(12)25-13-6-2-3-7-13/h1,4-5,8,10-11,13H,2-3,6-7,9H2,(H,21,22)(H,23,24). The monoisotopic (exact) mass is 341 g/mol. The van der Waals surface area contributed by atoms with Crippen LogP contribution in [0, 0.1) is 0 Å². The van der Waals surface area contributed by atoms with Gasteiger partial charge in [0.2, 0.25) is 0 Å². The summed E-state index contributed by atoms with van der Waals surface area (Å²) in [5.41, 5.74) is 0.754. The average Bonchev–Trinajstić information content (AvgIpc) is 3.14. The molecule has 130 valence electrons. The number of carboxylic acid groups (broad SMARTS) is 1. The lowest BCUT2D eigenvalue weighted by atomic mass is 10.2. The molecule has 1 saturated carbocycles. The second-order valence-electron chi connectivity index (χ2n) is 5.91. The van der Waals surface area contributed by atoms with Crippen LogP contribution < -0.4 is 10.1 Å². The molecule has 0 spiro atoms. The predicted molar refractivity (Wildman–Crippen MR) is 89.5 cm³/mol. The van der Waals surface area contributed by atoms with Gasteiger partial charge >= 0.3 is 5.97 Å². The van der Waals surface area contributed by atoms with E-state index in [0.29, 0.717) is 6.54 Å². The van der Waals surface area contributed by atoms with E-state index in [1.54, 1.807) is 0 Å². The van der Waals surface area contributed by atoms with Crippen LogP contribution in [0.3, 0.4) is 0 Å². The van der Waals surface area contributed by atoms with Crippen LogP contribution in [0.4, 0.5) is 0 Å².